The van der Waals surface area contributed by atoms with Crippen LogP contribution in [0.4, 0.5) is 0 Å². The fourth-order valence-corrected chi connectivity index (χ4v) is 6.17. The largest absolute Gasteiger partial charge is 0.395 e. The molecule has 2 aliphatic rings. The highest BCUT2D eigenvalue weighted by Crippen LogP contribution is 2.36. The third kappa shape index (κ3) is 4.45. The number of aliphatic hydroxyl groups is 1. The van der Waals surface area contributed by atoms with Crippen molar-refractivity contribution in [3.05, 3.63) is 57.5 Å². The molecule has 2 aromatic heterocycles. The highest BCUT2D eigenvalue weighted by molar-refractivity contribution is 6.35. The zero-order chi connectivity index (χ0) is 24.7. The van der Waals surface area contributed by atoms with Crippen molar-refractivity contribution in [1.29, 1.82) is 5.26 Å². The maximum Gasteiger partial charge on any atom is 0.190 e. The van der Waals surface area contributed by atoms with Crippen LogP contribution >= 0.6 is 23.2 Å². The van der Waals surface area contributed by atoms with Gasteiger partial charge in [0.05, 0.1) is 24.5 Å². The summed E-state index contributed by atoms with van der Waals surface area (Å²) >= 11 is 12.5. The molecule has 1 aromatic carbocycles. The average Bonchev–Trinajstić information content (AvgIpc) is 3.47. The summed E-state index contributed by atoms with van der Waals surface area (Å²) in [6, 6.07) is 7.95. The first-order valence-corrected chi connectivity index (χ1v) is 12.8. The first kappa shape index (κ1) is 24.2. The van der Waals surface area contributed by atoms with Gasteiger partial charge < -0.3 is 5.11 Å². The van der Waals surface area contributed by atoms with Gasteiger partial charge in [-0.25, -0.2) is 14.6 Å². The van der Waals surface area contributed by atoms with Gasteiger partial charge in [-0.3, -0.25) is 4.90 Å². The Labute approximate surface area is 215 Å². The second-order valence-corrected chi connectivity index (χ2v) is 10.4. The smallest absolute Gasteiger partial charge is 0.190 e. The Morgan fingerprint density at radius 1 is 1.31 bits per heavy atom. The van der Waals surface area contributed by atoms with Crippen LogP contribution in [0.1, 0.15) is 62.5 Å². The van der Waals surface area contributed by atoms with Crippen LogP contribution < -0.4 is 0 Å². The standard InChI is InChI=1S/C26H28Cl2N6O/c1-15-10-17(5-8-24(15)33-9-3-4-19(33)14-35)23-13-30-25-22(12-29)32-34(26(25)31-23)16(2)20-7-6-18(27)11-21(20)28/h5-7,11,13,15-16,19,24,35H,3-4,8-10,14H2,1-2H3/t15-,16+,19?,24?/m0/s1. The van der Waals surface area contributed by atoms with Crippen LogP contribution in [0.25, 0.3) is 16.7 Å². The second-order valence-electron chi connectivity index (χ2n) is 9.60. The van der Waals surface area contributed by atoms with Crippen LogP contribution in [0, 0.1) is 17.2 Å². The van der Waals surface area contributed by atoms with Crippen molar-refractivity contribution in [2.45, 2.75) is 57.7 Å². The van der Waals surface area contributed by atoms with Crippen molar-refractivity contribution < 1.29 is 5.11 Å². The molecule has 1 aliphatic carbocycles. The molecule has 3 heterocycles. The van der Waals surface area contributed by atoms with E-state index in [9.17, 15) is 10.4 Å². The van der Waals surface area contributed by atoms with E-state index in [4.69, 9.17) is 28.2 Å². The Balaban J connectivity index is 1.49. The normalized spacial score (nSPS) is 23.9. The van der Waals surface area contributed by atoms with Crippen molar-refractivity contribution >= 4 is 39.9 Å². The molecular weight excluding hydrogens is 483 g/mol. The second kappa shape index (κ2) is 9.87. The number of allylic oxidation sites excluding steroid dienone is 1. The maximum absolute atomic E-state index is 9.77. The monoisotopic (exact) mass is 510 g/mol. The van der Waals surface area contributed by atoms with Crippen molar-refractivity contribution in [3.8, 4) is 6.07 Å². The number of benzene rings is 1. The van der Waals surface area contributed by atoms with E-state index in [0.717, 1.165) is 49.1 Å². The minimum absolute atomic E-state index is 0.225. The number of rotatable bonds is 5. The highest BCUT2D eigenvalue weighted by Gasteiger charge is 2.35. The zero-order valence-electron chi connectivity index (χ0n) is 19.8. The van der Waals surface area contributed by atoms with Gasteiger partial charge in [0.1, 0.15) is 11.6 Å². The highest BCUT2D eigenvalue weighted by atomic mass is 35.5. The van der Waals surface area contributed by atoms with Crippen molar-refractivity contribution in [2.24, 2.45) is 5.92 Å². The van der Waals surface area contributed by atoms with E-state index in [2.05, 4.69) is 34.1 Å². The minimum Gasteiger partial charge on any atom is -0.395 e. The number of fused-ring (bicyclic) bond motifs is 1. The lowest BCUT2D eigenvalue weighted by Crippen LogP contribution is -2.45. The summed E-state index contributed by atoms with van der Waals surface area (Å²) in [5.74, 6) is 0.436. The van der Waals surface area contributed by atoms with E-state index >= 15 is 0 Å². The third-order valence-electron chi connectivity index (χ3n) is 7.48. The molecule has 1 saturated heterocycles. The van der Waals surface area contributed by atoms with Gasteiger partial charge in [0.2, 0.25) is 0 Å². The Bertz CT molecular complexity index is 1330. The summed E-state index contributed by atoms with van der Waals surface area (Å²) in [5.41, 5.74) is 4.10. The molecule has 0 radical (unpaired) electrons. The molecule has 3 aromatic rings. The summed E-state index contributed by atoms with van der Waals surface area (Å²) in [6.45, 7) is 5.52. The summed E-state index contributed by atoms with van der Waals surface area (Å²) in [7, 11) is 0. The van der Waals surface area contributed by atoms with E-state index in [1.165, 1.54) is 0 Å². The van der Waals surface area contributed by atoms with Crippen LogP contribution in [0.5, 0.6) is 0 Å². The molecular formula is C26H28Cl2N6O. The Morgan fingerprint density at radius 3 is 2.86 bits per heavy atom. The topological polar surface area (TPSA) is 90.9 Å². The van der Waals surface area contributed by atoms with Crippen LogP contribution in [-0.2, 0) is 0 Å². The number of likely N-dealkylation sites (tertiary alicyclic amines) is 1. The number of nitrogens with zero attached hydrogens (tertiary/aromatic N) is 6. The predicted molar refractivity (Wildman–Crippen MR) is 137 cm³/mol. The molecule has 0 amide bonds. The van der Waals surface area contributed by atoms with Gasteiger partial charge in [0, 0.05) is 22.1 Å². The van der Waals surface area contributed by atoms with Gasteiger partial charge in [-0.1, -0.05) is 42.3 Å². The lowest BCUT2D eigenvalue weighted by atomic mass is 9.83. The van der Waals surface area contributed by atoms with Crippen LogP contribution in [-0.4, -0.2) is 55.0 Å². The number of hydrogen-bond acceptors (Lipinski definition) is 6. The summed E-state index contributed by atoms with van der Waals surface area (Å²) in [6.07, 6.45) is 8.04. The van der Waals surface area contributed by atoms with Crippen LogP contribution in [0.15, 0.2) is 30.5 Å². The first-order valence-electron chi connectivity index (χ1n) is 12.1. The van der Waals surface area contributed by atoms with Gasteiger partial charge in [0.25, 0.3) is 0 Å². The molecule has 0 saturated carbocycles. The van der Waals surface area contributed by atoms with Crippen molar-refractivity contribution in [2.75, 3.05) is 13.2 Å². The molecule has 1 aliphatic heterocycles. The van der Waals surface area contributed by atoms with E-state index in [-0.39, 0.29) is 24.4 Å². The van der Waals surface area contributed by atoms with Gasteiger partial charge in [0.15, 0.2) is 11.3 Å². The number of hydrogen-bond donors (Lipinski definition) is 1. The fraction of sp³-hybridized carbons (Fsp3) is 0.462. The molecule has 1 fully saturated rings. The Kier molecular flexibility index (Phi) is 6.82. The summed E-state index contributed by atoms with van der Waals surface area (Å²) in [4.78, 5) is 12.0. The molecule has 35 heavy (non-hydrogen) atoms. The number of aliphatic hydroxyl groups excluding tert-OH is 1. The summed E-state index contributed by atoms with van der Waals surface area (Å²) < 4.78 is 1.73. The van der Waals surface area contributed by atoms with E-state index < -0.39 is 0 Å². The third-order valence-corrected chi connectivity index (χ3v) is 8.04. The van der Waals surface area contributed by atoms with Crippen LogP contribution in [0.2, 0.25) is 10.0 Å². The lowest BCUT2D eigenvalue weighted by molar-refractivity contribution is 0.0910. The summed E-state index contributed by atoms with van der Waals surface area (Å²) in [5, 5.41) is 25.0. The van der Waals surface area contributed by atoms with Crippen molar-refractivity contribution in [3.63, 3.8) is 0 Å². The van der Waals surface area contributed by atoms with Gasteiger partial charge >= 0.3 is 0 Å². The average molecular weight is 511 g/mol. The van der Waals surface area contributed by atoms with Gasteiger partial charge in [-0.15, -0.1) is 0 Å². The molecule has 7 nitrogen and oxygen atoms in total. The Morgan fingerprint density at radius 2 is 2.14 bits per heavy atom. The van der Waals surface area contributed by atoms with Crippen LogP contribution in [0.3, 0.4) is 0 Å². The quantitative estimate of drug-likeness (QED) is 0.503. The number of halogens is 2. The molecule has 1 N–H and O–H groups in total. The van der Waals surface area contributed by atoms with Crippen molar-refractivity contribution in [1.82, 2.24) is 24.6 Å². The number of nitriles is 1. The van der Waals surface area contributed by atoms with Gasteiger partial charge in [-0.2, -0.15) is 10.4 Å². The zero-order valence-corrected chi connectivity index (χ0v) is 21.3. The fourth-order valence-electron chi connectivity index (χ4n) is 5.60. The first-order chi connectivity index (χ1) is 16.9. The van der Waals surface area contributed by atoms with E-state index in [0.29, 0.717) is 33.2 Å². The van der Waals surface area contributed by atoms with Gasteiger partial charge in [-0.05, 0) is 68.3 Å². The molecule has 5 rings (SSSR count). The lowest BCUT2D eigenvalue weighted by Gasteiger charge is -2.38. The minimum atomic E-state index is -0.261. The Hall–Kier alpha value is -2.50. The van der Waals surface area contributed by atoms with E-state index in [1.54, 1.807) is 23.0 Å². The predicted octanol–water partition coefficient (Wildman–Crippen LogP) is 5.25. The molecule has 9 heteroatoms. The molecule has 4 atom stereocenters. The molecule has 0 spiro atoms. The maximum atomic E-state index is 9.77. The molecule has 0 bridgehead atoms. The molecule has 2 unspecified atom stereocenters. The molecule has 182 valence electrons. The van der Waals surface area contributed by atoms with E-state index in [1.807, 2.05) is 13.0 Å². The number of aromatic nitrogens is 4. The SMILES string of the molecule is C[C@H](c1ccc(Cl)cc1Cl)n1nc(C#N)c2ncc(C3=CCC(N4CCCC4CO)[C@@H](C)C3)nc21.